The minimum absolute atomic E-state index is 0.874. The molecule has 2 rings (SSSR count). The molecule has 0 atom stereocenters. The van der Waals surface area contributed by atoms with Crippen molar-refractivity contribution in [3.05, 3.63) is 28.7 Å². The molecule has 80 valence electrons. The van der Waals surface area contributed by atoms with Gasteiger partial charge >= 0.3 is 0 Å². The van der Waals surface area contributed by atoms with Gasteiger partial charge in [-0.3, -0.25) is 0 Å². The maximum atomic E-state index is 4.55. The summed E-state index contributed by atoms with van der Waals surface area (Å²) in [6.45, 7) is 4.09. The molecule has 0 fully saturated rings. The zero-order valence-corrected chi connectivity index (χ0v) is 9.60. The molecule has 4 heteroatoms. The molecule has 0 aliphatic carbocycles. The highest BCUT2D eigenvalue weighted by atomic mass is 32.1. The third kappa shape index (κ3) is 2.67. The predicted molar refractivity (Wildman–Crippen MR) is 63.9 cm³/mol. The SMILES string of the molecule is CCCNCc1nc(-c2ccc[nH]2)cs1. The van der Waals surface area contributed by atoms with E-state index in [0.717, 1.165) is 35.9 Å². The van der Waals surface area contributed by atoms with Crippen LogP contribution in [0.3, 0.4) is 0 Å². The van der Waals surface area contributed by atoms with Crippen molar-refractivity contribution in [3.63, 3.8) is 0 Å². The van der Waals surface area contributed by atoms with Gasteiger partial charge in [-0.2, -0.15) is 0 Å². The van der Waals surface area contributed by atoms with Crippen LogP contribution in [0.5, 0.6) is 0 Å². The van der Waals surface area contributed by atoms with Gasteiger partial charge in [0, 0.05) is 18.1 Å². The number of rotatable bonds is 5. The number of aromatic amines is 1. The van der Waals surface area contributed by atoms with Crippen LogP contribution in [0.1, 0.15) is 18.4 Å². The van der Waals surface area contributed by atoms with Crippen LogP contribution in [0.25, 0.3) is 11.4 Å². The number of aromatic nitrogens is 2. The zero-order chi connectivity index (χ0) is 10.5. The molecule has 2 N–H and O–H groups in total. The average Bonchev–Trinajstić information content (AvgIpc) is 2.87. The number of hydrogen-bond acceptors (Lipinski definition) is 3. The summed E-state index contributed by atoms with van der Waals surface area (Å²) in [4.78, 5) is 7.71. The van der Waals surface area contributed by atoms with Gasteiger partial charge in [-0.15, -0.1) is 11.3 Å². The van der Waals surface area contributed by atoms with E-state index in [-0.39, 0.29) is 0 Å². The number of H-pyrrole nitrogens is 1. The lowest BCUT2D eigenvalue weighted by Gasteiger charge is -1.97. The second-order valence-corrected chi connectivity index (χ2v) is 4.33. The van der Waals surface area contributed by atoms with E-state index in [2.05, 4.69) is 27.6 Å². The average molecular weight is 221 g/mol. The largest absolute Gasteiger partial charge is 0.360 e. The van der Waals surface area contributed by atoms with E-state index in [0.29, 0.717) is 0 Å². The zero-order valence-electron chi connectivity index (χ0n) is 8.79. The van der Waals surface area contributed by atoms with E-state index in [1.54, 1.807) is 11.3 Å². The number of nitrogens with one attached hydrogen (secondary N) is 2. The highest BCUT2D eigenvalue weighted by Gasteiger charge is 2.03. The fourth-order valence-electron chi connectivity index (χ4n) is 1.38. The smallest absolute Gasteiger partial charge is 0.107 e. The molecule has 2 aromatic rings. The minimum Gasteiger partial charge on any atom is -0.360 e. The first-order valence-electron chi connectivity index (χ1n) is 5.19. The van der Waals surface area contributed by atoms with E-state index in [4.69, 9.17) is 0 Å². The Balaban J connectivity index is 1.98. The summed E-state index contributed by atoms with van der Waals surface area (Å²) in [5, 5.41) is 6.59. The van der Waals surface area contributed by atoms with Crippen LogP contribution < -0.4 is 5.32 Å². The second-order valence-electron chi connectivity index (χ2n) is 3.39. The van der Waals surface area contributed by atoms with Crippen molar-refractivity contribution in [2.45, 2.75) is 19.9 Å². The van der Waals surface area contributed by atoms with Crippen molar-refractivity contribution >= 4 is 11.3 Å². The first-order chi connectivity index (χ1) is 7.40. The Morgan fingerprint density at radius 2 is 2.47 bits per heavy atom. The lowest BCUT2D eigenvalue weighted by Crippen LogP contribution is -2.13. The Kier molecular flexibility index (Phi) is 3.53. The molecule has 2 aromatic heterocycles. The molecular formula is C11H15N3S. The van der Waals surface area contributed by atoms with Gasteiger partial charge < -0.3 is 10.3 Å². The summed E-state index contributed by atoms with van der Waals surface area (Å²) < 4.78 is 0. The normalized spacial score (nSPS) is 10.7. The Hall–Kier alpha value is -1.13. The van der Waals surface area contributed by atoms with Crippen molar-refractivity contribution < 1.29 is 0 Å². The Bertz CT molecular complexity index is 392. The van der Waals surface area contributed by atoms with Crippen LogP contribution in [-0.2, 0) is 6.54 Å². The summed E-state index contributed by atoms with van der Waals surface area (Å²) >= 11 is 1.70. The van der Waals surface area contributed by atoms with Gasteiger partial charge in [0.05, 0.1) is 11.4 Å². The maximum Gasteiger partial charge on any atom is 0.107 e. The van der Waals surface area contributed by atoms with Crippen LogP contribution in [0, 0.1) is 0 Å². The second kappa shape index (κ2) is 5.09. The molecule has 0 amide bonds. The van der Waals surface area contributed by atoms with Crippen molar-refractivity contribution in [1.29, 1.82) is 0 Å². The van der Waals surface area contributed by atoms with Gasteiger partial charge in [-0.25, -0.2) is 4.98 Å². The van der Waals surface area contributed by atoms with E-state index in [1.165, 1.54) is 0 Å². The van der Waals surface area contributed by atoms with Crippen LogP contribution in [0.2, 0.25) is 0 Å². The summed E-state index contributed by atoms with van der Waals surface area (Å²) in [7, 11) is 0. The summed E-state index contributed by atoms with van der Waals surface area (Å²) in [6, 6.07) is 4.03. The number of nitrogens with zero attached hydrogens (tertiary/aromatic N) is 1. The van der Waals surface area contributed by atoms with Crippen molar-refractivity contribution in [2.75, 3.05) is 6.54 Å². The highest BCUT2D eigenvalue weighted by molar-refractivity contribution is 7.09. The van der Waals surface area contributed by atoms with Gasteiger partial charge in [0.2, 0.25) is 0 Å². The molecule has 0 aromatic carbocycles. The summed E-state index contributed by atoms with van der Waals surface area (Å²) in [5.41, 5.74) is 2.13. The molecule has 0 unspecified atom stereocenters. The van der Waals surface area contributed by atoms with Crippen molar-refractivity contribution in [2.24, 2.45) is 0 Å². The maximum absolute atomic E-state index is 4.55. The molecule has 0 spiro atoms. The summed E-state index contributed by atoms with van der Waals surface area (Å²) in [6.07, 6.45) is 3.08. The van der Waals surface area contributed by atoms with Gasteiger partial charge in [0.15, 0.2) is 0 Å². The van der Waals surface area contributed by atoms with Crippen LogP contribution in [-0.4, -0.2) is 16.5 Å². The molecule has 15 heavy (non-hydrogen) atoms. The first kappa shape index (κ1) is 10.4. The molecule has 0 radical (unpaired) electrons. The lowest BCUT2D eigenvalue weighted by molar-refractivity contribution is 0.673. The molecule has 3 nitrogen and oxygen atoms in total. The monoisotopic (exact) mass is 221 g/mol. The number of thiazole rings is 1. The molecule has 2 heterocycles. The minimum atomic E-state index is 0.874. The van der Waals surface area contributed by atoms with Gasteiger partial charge in [-0.1, -0.05) is 6.92 Å². The summed E-state index contributed by atoms with van der Waals surface area (Å²) in [5.74, 6) is 0. The molecule has 0 bridgehead atoms. The molecule has 0 saturated carbocycles. The third-order valence-corrected chi connectivity index (χ3v) is 2.98. The van der Waals surface area contributed by atoms with Gasteiger partial charge in [0.25, 0.3) is 0 Å². The first-order valence-corrected chi connectivity index (χ1v) is 6.07. The molecule has 0 aliphatic heterocycles. The van der Waals surface area contributed by atoms with E-state index < -0.39 is 0 Å². The Morgan fingerprint density at radius 3 is 3.20 bits per heavy atom. The third-order valence-electron chi connectivity index (χ3n) is 2.13. The van der Waals surface area contributed by atoms with Crippen molar-refractivity contribution in [3.8, 4) is 11.4 Å². The molecular weight excluding hydrogens is 206 g/mol. The molecule has 0 saturated heterocycles. The Labute approximate surface area is 93.6 Å². The predicted octanol–water partition coefficient (Wildman–Crippen LogP) is 2.64. The van der Waals surface area contributed by atoms with Gasteiger partial charge in [0.1, 0.15) is 5.01 Å². The van der Waals surface area contributed by atoms with Gasteiger partial charge in [-0.05, 0) is 25.1 Å². The Morgan fingerprint density at radius 1 is 1.53 bits per heavy atom. The standard InChI is InChI=1S/C11H15N3S/c1-2-5-12-7-11-14-10(8-15-11)9-4-3-6-13-9/h3-4,6,8,12-13H,2,5,7H2,1H3. The van der Waals surface area contributed by atoms with Crippen molar-refractivity contribution in [1.82, 2.24) is 15.3 Å². The molecule has 0 aliphatic rings. The highest BCUT2D eigenvalue weighted by Crippen LogP contribution is 2.19. The van der Waals surface area contributed by atoms with Crippen LogP contribution in [0.4, 0.5) is 0 Å². The van der Waals surface area contributed by atoms with E-state index >= 15 is 0 Å². The fourth-order valence-corrected chi connectivity index (χ4v) is 2.14. The fraction of sp³-hybridized carbons (Fsp3) is 0.364. The quantitative estimate of drug-likeness (QED) is 0.762. The topological polar surface area (TPSA) is 40.7 Å². The lowest BCUT2D eigenvalue weighted by atomic mass is 10.3. The van der Waals surface area contributed by atoms with E-state index in [9.17, 15) is 0 Å². The van der Waals surface area contributed by atoms with Crippen LogP contribution in [0.15, 0.2) is 23.7 Å². The van der Waals surface area contributed by atoms with Crippen LogP contribution >= 0.6 is 11.3 Å². The number of hydrogen-bond donors (Lipinski definition) is 2. The van der Waals surface area contributed by atoms with E-state index in [1.807, 2.05) is 18.3 Å².